The van der Waals surface area contributed by atoms with Crippen molar-refractivity contribution in [3.8, 4) is 0 Å². The molecule has 0 aliphatic rings. The first kappa shape index (κ1) is 15.1. The van der Waals surface area contributed by atoms with Crippen LogP contribution in [0.15, 0.2) is 6.07 Å². The third kappa shape index (κ3) is 5.61. The lowest BCUT2D eigenvalue weighted by Crippen LogP contribution is -2.02. The van der Waals surface area contributed by atoms with Crippen LogP contribution in [0.2, 0.25) is 0 Å². The van der Waals surface area contributed by atoms with Gasteiger partial charge < -0.3 is 0 Å². The molecule has 0 atom stereocenters. The van der Waals surface area contributed by atoms with Crippen LogP contribution in [0.1, 0.15) is 76.5 Å². The van der Waals surface area contributed by atoms with Crippen molar-refractivity contribution in [3.05, 3.63) is 29.7 Å². The van der Waals surface area contributed by atoms with E-state index in [1.165, 1.54) is 49.9 Å². The van der Waals surface area contributed by atoms with Gasteiger partial charge in [0.25, 0.3) is 0 Å². The van der Waals surface area contributed by atoms with Gasteiger partial charge in [0, 0.05) is 17.8 Å². The number of aryl methyl sites for hydroxylation is 2. The molecular formula is C16H27N2. The Morgan fingerprint density at radius 3 is 1.78 bits per heavy atom. The summed E-state index contributed by atoms with van der Waals surface area (Å²) >= 11 is 0. The zero-order valence-electron chi connectivity index (χ0n) is 12.2. The summed E-state index contributed by atoms with van der Waals surface area (Å²) in [4.78, 5) is 9.17. The second-order valence-corrected chi connectivity index (χ2v) is 4.91. The van der Waals surface area contributed by atoms with Gasteiger partial charge in [-0.05, 0) is 31.7 Å². The Kier molecular flexibility index (Phi) is 7.63. The summed E-state index contributed by atoms with van der Waals surface area (Å²) in [6, 6.07) is 2.21. The molecule has 0 aromatic carbocycles. The van der Waals surface area contributed by atoms with Gasteiger partial charge in [0.2, 0.25) is 0 Å². The number of hydrogen-bond acceptors (Lipinski definition) is 2. The Bertz CT molecular complexity index is 306. The number of aromatic nitrogens is 2. The fourth-order valence-electron chi connectivity index (χ4n) is 2.07. The van der Waals surface area contributed by atoms with Gasteiger partial charge in [0.15, 0.2) is 0 Å². The van der Waals surface area contributed by atoms with Gasteiger partial charge in [-0.2, -0.15) is 0 Å². The van der Waals surface area contributed by atoms with E-state index in [0.29, 0.717) is 0 Å². The second-order valence-electron chi connectivity index (χ2n) is 4.91. The van der Waals surface area contributed by atoms with Crippen LogP contribution in [-0.2, 0) is 12.8 Å². The van der Waals surface area contributed by atoms with Crippen molar-refractivity contribution in [2.45, 2.75) is 72.1 Å². The van der Waals surface area contributed by atoms with Crippen LogP contribution in [0.4, 0.5) is 0 Å². The summed E-state index contributed by atoms with van der Waals surface area (Å²) in [5.74, 6) is 0.899. The summed E-state index contributed by atoms with van der Waals surface area (Å²) < 4.78 is 0. The Labute approximate surface area is 112 Å². The van der Waals surface area contributed by atoms with Crippen molar-refractivity contribution in [1.29, 1.82) is 0 Å². The lowest BCUT2D eigenvalue weighted by Gasteiger charge is -2.07. The summed E-state index contributed by atoms with van der Waals surface area (Å²) in [5.41, 5.74) is 2.44. The SMILES string of the molecule is C[CH]c1nc(CCCCC)cc(CCCCC)n1. The van der Waals surface area contributed by atoms with Crippen LogP contribution < -0.4 is 0 Å². The van der Waals surface area contributed by atoms with E-state index in [0.717, 1.165) is 18.7 Å². The van der Waals surface area contributed by atoms with E-state index in [1.807, 2.05) is 13.3 Å². The van der Waals surface area contributed by atoms with Crippen LogP contribution in [0, 0.1) is 6.42 Å². The van der Waals surface area contributed by atoms with E-state index < -0.39 is 0 Å². The molecule has 18 heavy (non-hydrogen) atoms. The van der Waals surface area contributed by atoms with E-state index >= 15 is 0 Å². The van der Waals surface area contributed by atoms with Crippen LogP contribution in [0.3, 0.4) is 0 Å². The summed E-state index contributed by atoms with van der Waals surface area (Å²) in [5, 5.41) is 0. The van der Waals surface area contributed by atoms with Crippen molar-refractivity contribution < 1.29 is 0 Å². The highest BCUT2D eigenvalue weighted by atomic mass is 14.9. The highest BCUT2D eigenvalue weighted by Crippen LogP contribution is 2.10. The van der Waals surface area contributed by atoms with E-state index in [4.69, 9.17) is 0 Å². The van der Waals surface area contributed by atoms with Gasteiger partial charge in [0.05, 0.1) is 0 Å². The standard InChI is InChI=1S/C16H27N2/c1-4-7-9-11-14-13-15(12-10-8-5-2)18-16(6-3)17-14/h6,13H,4-5,7-12H2,1-3H3. The first-order chi connectivity index (χ1) is 8.80. The van der Waals surface area contributed by atoms with E-state index in [1.54, 1.807) is 0 Å². The molecule has 1 aromatic heterocycles. The number of unbranched alkanes of at least 4 members (excludes halogenated alkanes) is 4. The number of nitrogens with zero attached hydrogens (tertiary/aromatic N) is 2. The fraction of sp³-hybridized carbons (Fsp3) is 0.688. The maximum atomic E-state index is 4.59. The molecule has 1 radical (unpaired) electrons. The fourth-order valence-corrected chi connectivity index (χ4v) is 2.07. The summed E-state index contributed by atoms with van der Waals surface area (Å²) in [6.07, 6.45) is 11.8. The molecule has 0 aliphatic heterocycles. The van der Waals surface area contributed by atoms with Crippen LogP contribution in [0.5, 0.6) is 0 Å². The van der Waals surface area contributed by atoms with Crippen LogP contribution in [0.25, 0.3) is 0 Å². The molecule has 1 aromatic rings. The average Bonchev–Trinajstić information content (AvgIpc) is 2.39. The molecule has 1 rings (SSSR count). The van der Waals surface area contributed by atoms with Crippen molar-refractivity contribution in [3.63, 3.8) is 0 Å². The number of rotatable bonds is 9. The molecule has 0 unspecified atom stereocenters. The topological polar surface area (TPSA) is 25.8 Å². The Balaban J connectivity index is 2.62. The second kappa shape index (κ2) is 9.07. The zero-order valence-corrected chi connectivity index (χ0v) is 12.2. The normalized spacial score (nSPS) is 10.8. The molecule has 0 aliphatic carbocycles. The minimum Gasteiger partial charge on any atom is -0.238 e. The van der Waals surface area contributed by atoms with Gasteiger partial charge in [0.1, 0.15) is 5.82 Å². The van der Waals surface area contributed by atoms with Crippen LogP contribution in [-0.4, -0.2) is 9.97 Å². The van der Waals surface area contributed by atoms with E-state index in [2.05, 4.69) is 29.9 Å². The molecule has 101 valence electrons. The molecule has 0 saturated heterocycles. The molecule has 2 heteroatoms. The molecule has 0 amide bonds. The van der Waals surface area contributed by atoms with Gasteiger partial charge in [-0.15, -0.1) is 0 Å². The smallest absolute Gasteiger partial charge is 0.132 e. The van der Waals surface area contributed by atoms with Crippen molar-refractivity contribution >= 4 is 0 Å². The van der Waals surface area contributed by atoms with Gasteiger partial charge in [-0.3, -0.25) is 0 Å². The molecule has 1 heterocycles. The molecular weight excluding hydrogens is 220 g/mol. The molecule has 2 nitrogen and oxygen atoms in total. The summed E-state index contributed by atoms with van der Waals surface area (Å²) in [7, 11) is 0. The number of hydrogen-bond donors (Lipinski definition) is 0. The molecule has 0 bridgehead atoms. The summed E-state index contributed by atoms with van der Waals surface area (Å²) in [6.45, 7) is 6.49. The monoisotopic (exact) mass is 247 g/mol. The third-order valence-corrected chi connectivity index (χ3v) is 3.18. The van der Waals surface area contributed by atoms with E-state index in [9.17, 15) is 0 Å². The lowest BCUT2D eigenvalue weighted by atomic mass is 10.1. The quantitative estimate of drug-likeness (QED) is 0.600. The van der Waals surface area contributed by atoms with Crippen LogP contribution >= 0.6 is 0 Å². The molecule has 0 saturated carbocycles. The third-order valence-electron chi connectivity index (χ3n) is 3.18. The zero-order chi connectivity index (χ0) is 13.2. The first-order valence-corrected chi connectivity index (χ1v) is 7.46. The maximum absolute atomic E-state index is 4.59. The predicted octanol–water partition coefficient (Wildman–Crippen LogP) is 4.51. The van der Waals surface area contributed by atoms with Crippen molar-refractivity contribution in [2.75, 3.05) is 0 Å². The van der Waals surface area contributed by atoms with Gasteiger partial charge in [-0.1, -0.05) is 46.5 Å². The first-order valence-electron chi connectivity index (χ1n) is 7.46. The van der Waals surface area contributed by atoms with Gasteiger partial charge >= 0.3 is 0 Å². The minimum absolute atomic E-state index is 0.899. The highest BCUT2D eigenvalue weighted by molar-refractivity contribution is 5.15. The molecule has 0 fully saturated rings. The lowest BCUT2D eigenvalue weighted by molar-refractivity contribution is 0.687. The van der Waals surface area contributed by atoms with Crippen molar-refractivity contribution in [1.82, 2.24) is 9.97 Å². The minimum atomic E-state index is 0.899. The van der Waals surface area contributed by atoms with E-state index in [-0.39, 0.29) is 0 Å². The average molecular weight is 247 g/mol. The predicted molar refractivity (Wildman–Crippen MR) is 77.6 cm³/mol. The van der Waals surface area contributed by atoms with Crippen molar-refractivity contribution in [2.24, 2.45) is 0 Å². The molecule has 0 spiro atoms. The Morgan fingerprint density at radius 1 is 0.889 bits per heavy atom. The molecule has 0 N–H and O–H groups in total. The Morgan fingerprint density at radius 2 is 1.39 bits per heavy atom. The largest absolute Gasteiger partial charge is 0.238 e. The highest BCUT2D eigenvalue weighted by Gasteiger charge is 2.04. The van der Waals surface area contributed by atoms with Gasteiger partial charge in [-0.25, -0.2) is 9.97 Å². The maximum Gasteiger partial charge on any atom is 0.132 e. The Hall–Kier alpha value is -0.920.